The van der Waals surface area contributed by atoms with Crippen LogP contribution >= 0.6 is 11.3 Å². The standard InChI is InChI=1S/C15H16FN3S/c1-9-6-12(16)4-5-13(9)17-7-14-11(3)18-15-19(14)10(2)8-20-15/h4-6,8,17H,7H2,1-3H3. The first kappa shape index (κ1) is 13.1. The van der Waals surface area contributed by atoms with Crippen molar-refractivity contribution in [3.05, 3.63) is 52.0 Å². The molecule has 0 saturated heterocycles. The lowest BCUT2D eigenvalue weighted by molar-refractivity contribution is 0.627. The number of imidazole rings is 1. The molecule has 0 aliphatic carbocycles. The lowest BCUT2D eigenvalue weighted by atomic mass is 10.2. The molecule has 20 heavy (non-hydrogen) atoms. The van der Waals surface area contributed by atoms with Crippen molar-refractivity contribution in [2.45, 2.75) is 27.3 Å². The number of nitrogens with one attached hydrogen (secondary N) is 1. The summed E-state index contributed by atoms with van der Waals surface area (Å²) in [6.07, 6.45) is 0. The first-order chi connectivity index (χ1) is 9.56. The molecule has 2 aromatic heterocycles. The fraction of sp³-hybridized carbons (Fsp3) is 0.267. The van der Waals surface area contributed by atoms with E-state index in [1.807, 2.05) is 13.8 Å². The molecular weight excluding hydrogens is 273 g/mol. The van der Waals surface area contributed by atoms with Gasteiger partial charge in [-0.05, 0) is 44.5 Å². The van der Waals surface area contributed by atoms with Gasteiger partial charge in [0, 0.05) is 16.8 Å². The van der Waals surface area contributed by atoms with E-state index in [9.17, 15) is 4.39 Å². The SMILES string of the molecule is Cc1cc(F)ccc1NCc1c(C)nc2scc(C)n12. The van der Waals surface area contributed by atoms with Crippen molar-refractivity contribution in [2.24, 2.45) is 0 Å². The van der Waals surface area contributed by atoms with Gasteiger partial charge in [0.25, 0.3) is 0 Å². The minimum atomic E-state index is -0.204. The molecule has 0 saturated carbocycles. The van der Waals surface area contributed by atoms with Crippen molar-refractivity contribution in [2.75, 3.05) is 5.32 Å². The Hall–Kier alpha value is -1.88. The van der Waals surface area contributed by atoms with Crippen LogP contribution in [0.15, 0.2) is 23.6 Å². The molecule has 104 valence electrons. The average Bonchev–Trinajstić information content (AvgIpc) is 2.89. The predicted molar refractivity (Wildman–Crippen MR) is 81.0 cm³/mol. The van der Waals surface area contributed by atoms with Crippen LogP contribution in [0.1, 0.15) is 22.6 Å². The smallest absolute Gasteiger partial charge is 0.194 e. The van der Waals surface area contributed by atoms with Gasteiger partial charge < -0.3 is 5.32 Å². The molecule has 0 fully saturated rings. The van der Waals surface area contributed by atoms with Crippen molar-refractivity contribution in [1.82, 2.24) is 9.38 Å². The number of aryl methyl sites for hydroxylation is 3. The summed E-state index contributed by atoms with van der Waals surface area (Å²) in [6, 6.07) is 4.79. The number of hydrogen-bond donors (Lipinski definition) is 1. The molecule has 3 rings (SSSR count). The van der Waals surface area contributed by atoms with Crippen LogP contribution in [0.4, 0.5) is 10.1 Å². The van der Waals surface area contributed by atoms with Crippen molar-refractivity contribution in [1.29, 1.82) is 0 Å². The first-order valence-corrected chi connectivity index (χ1v) is 7.36. The quantitative estimate of drug-likeness (QED) is 0.787. The minimum Gasteiger partial charge on any atom is -0.379 e. The zero-order chi connectivity index (χ0) is 14.3. The highest BCUT2D eigenvalue weighted by Gasteiger charge is 2.12. The number of halogens is 1. The van der Waals surface area contributed by atoms with Gasteiger partial charge in [-0.3, -0.25) is 4.40 Å². The maximum atomic E-state index is 13.1. The maximum absolute atomic E-state index is 13.1. The third-order valence-corrected chi connectivity index (χ3v) is 4.41. The molecule has 3 nitrogen and oxygen atoms in total. The monoisotopic (exact) mass is 289 g/mol. The normalized spacial score (nSPS) is 11.2. The summed E-state index contributed by atoms with van der Waals surface area (Å²) >= 11 is 1.65. The van der Waals surface area contributed by atoms with Gasteiger partial charge in [-0.1, -0.05) is 0 Å². The number of thiazole rings is 1. The number of rotatable bonds is 3. The van der Waals surface area contributed by atoms with Crippen LogP contribution in [0.5, 0.6) is 0 Å². The molecule has 0 amide bonds. The van der Waals surface area contributed by atoms with Gasteiger partial charge >= 0.3 is 0 Å². The molecule has 0 unspecified atom stereocenters. The van der Waals surface area contributed by atoms with Gasteiger partial charge in [-0.15, -0.1) is 11.3 Å². The number of fused-ring (bicyclic) bond motifs is 1. The summed E-state index contributed by atoms with van der Waals surface area (Å²) in [5, 5.41) is 5.48. The summed E-state index contributed by atoms with van der Waals surface area (Å²) in [7, 11) is 0. The summed E-state index contributed by atoms with van der Waals surface area (Å²) in [4.78, 5) is 5.59. The Morgan fingerprint density at radius 2 is 2.10 bits per heavy atom. The number of benzene rings is 1. The second-order valence-corrected chi connectivity index (χ2v) is 5.79. The van der Waals surface area contributed by atoms with E-state index in [1.165, 1.54) is 17.8 Å². The minimum absolute atomic E-state index is 0.204. The van der Waals surface area contributed by atoms with Crippen LogP contribution in [0.3, 0.4) is 0 Å². The van der Waals surface area contributed by atoms with Gasteiger partial charge in [0.15, 0.2) is 4.96 Å². The molecule has 0 aliphatic rings. The van der Waals surface area contributed by atoms with E-state index in [4.69, 9.17) is 0 Å². The third-order valence-electron chi connectivity index (χ3n) is 3.46. The molecule has 0 radical (unpaired) electrons. The van der Waals surface area contributed by atoms with Crippen LogP contribution in [0.2, 0.25) is 0 Å². The Morgan fingerprint density at radius 1 is 1.30 bits per heavy atom. The summed E-state index contributed by atoms with van der Waals surface area (Å²) in [6.45, 7) is 6.68. The number of anilines is 1. The lowest BCUT2D eigenvalue weighted by Crippen LogP contribution is -2.05. The highest BCUT2D eigenvalue weighted by molar-refractivity contribution is 7.15. The molecule has 3 aromatic rings. The van der Waals surface area contributed by atoms with Crippen molar-refractivity contribution in [3.8, 4) is 0 Å². The summed E-state index contributed by atoms with van der Waals surface area (Å²) < 4.78 is 15.3. The second kappa shape index (κ2) is 4.90. The second-order valence-electron chi connectivity index (χ2n) is 4.95. The van der Waals surface area contributed by atoms with E-state index >= 15 is 0 Å². The van der Waals surface area contributed by atoms with E-state index in [-0.39, 0.29) is 5.82 Å². The Bertz CT molecular complexity index is 773. The van der Waals surface area contributed by atoms with Gasteiger partial charge in [-0.2, -0.15) is 0 Å². The number of nitrogens with zero attached hydrogens (tertiary/aromatic N) is 2. The molecule has 0 bridgehead atoms. The summed E-state index contributed by atoms with van der Waals surface area (Å²) in [5.74, 6) is -0.204. The van der Waals surface area contributed by atoms with E-state index in [0.717, 1.165) is 27.6 Å². The fourth-order valence-corrected chi connectivity index (χ4v) is 3.31. The lowest BCUT2D eigenvalue weighted by Gasteiger charge is -2.10. The van der Waals surface area contributed by atoms with E-state index in [0.29, 0.717) is 6.54 Å². The molecule has 2 heterocycles. The Labute approximate surface area is 121 Å². The molecule has 0 aliphatic heterocycles. The van der Waals surface area contributed by atoms with Crippen LogP contribution in [-0.2, 0) is 6.54 Å². The molecule has 0 spiro atoms. The highest BCUT2D eigenvalue weighted by atomic mass is 32.1. The molecular formula is C15H16FN3S. The molecule has 1 N–H and O–H groups in total. The van der Waals surface area contributed by atoms with Gasteiger partial charge in [-0.25, -0.2) is 9.37 Å². The number of aromatic nitrogens is 2. The molecule has 5 heteroatoms. The first-order valence-electron chi connectivity index (χ1n) is 6.48. The fourth-order valence-electron chi connectivity index (χ4n) is 2.38. The van der Waals surface area contributed by atoms with E-state index in [2.05, 4.69) is 27.0 Å². The molecule has 0 atom stereocenters. The van der Waals surface area contributed by atoms with Gasteiger partial charge in [0.05, 0.1) is 17.9 Å². The van der Waals surface area contributed by atoms with Crippen LogP contribution in [0.25, 0.3) is 4.96 Å². The zero-order valence-corrected chi connectivity index (χ0v) is 12.5. The van der Waals surface area contributed by atoms with Crippen LogP contribution in [-0.4, -0.2) is 9.38 Å². The maximum Gasteiger partial charge on any atom is 0.194 e. The Morgan fingerprint density at radius 3 is 2.85 bits per heavy atom. The number of hydrogen-bond acceptors (Lipinski definition) is 3. The van der Waals surface area contributed by atoms with Crippen molar-refractivity contribution in [3.63, 3.8) is 0 Å². The Kier molecular flexibility index (Phi) is 3.22. The van der Waals surface area contributed by atoms with Crippen LogP contribution < -0.4 is 5.32 Å². The highest BCUT2D eigenvalue weighted by Crippen LogP contribution is 2.22. The average molecular weight is 289 g/mol. The third kappa shape index (κ3) is 2.18. The van der Waals surface area contributed by atoms with Gasteiger partial charge in [0.2, 0.25) is 0 Å². The van der Waals surface area contributed by atoms with E-state index < -0.39 is 0 Å². The predicted octanol–water partition coefficient (Wildman–Crippen LogP) is 4.07. The molecule has 1 aromatic carbocycles. The zero-order valence-electron chi connectivity index (χ0n) is 11.7. The van der Waals surface area contributed by atoms with Crippen molar-refractivity contribution < 1.29 is 4.39 Å². The Balaban J connectivity index is 1.90. The van der Waals surface area contributed by atoms with Crippen LogP contribution in [0, 0.1) is 26.6 Å². The van der Waals surface area contributed by atoms with Crippen molar-refractivity contribution >= 4 is 22.0 Å². The topological polar surface area (TPSA) is 29.3 Å². The summed E-state index contributed by atoms with van der Waals surface area (Å²) in [5.41, 5.74) is 5.24. The van der Waals surface area contributed by atoms with Gasteiger partial charge in [0.1, 0.15) is 5.82 Å². The van der Waals surface area contributed by atoms with E-state index in [1.54, 1.807) is 17.4 Å². The largest absolute Gasteiger partial charge is 0.379 e.